The molecule has 68 valence electrons. The van der Waals surface area contributed by atoms with Crippen molar-refractivity contribution in [2.45, 2.75) is 39.7 Å². The molecule has 1 atom stereocenters. The molecule has 11 heavy (non-hydrogen) atoms. The molecule has 0 aliphatic carbocycles. The van der Waals surface area contributed by atoms with E-state index in [2.05, 4.69) is 48.8 Å². The average Bonchev–Trinajstić information content (AvgIpc) is 1.83. The van der Waals surface area contributed by atoms with E-state index in [0.717, 1.165) is 10.4 Å². The Bertz CT molecular complexity index is 121. The molecule has 0 radical (unpaired) electrons. The number of quaternary nitrogens is 1. The molecule has 0 saturated heterocycles. The number of hydrogen-bond donors (Lipinski definition) is 0. The first-order chi connectivity index (χ1) is 4.75. The van der Waals surface area contributed by atoms with Gasteiger partial charge in [-0.15, -0.1) is 0 Å². The summed E-state index contributed by atoms with van der Waals surface area (Å²) in [5, 5.41) is 0. The third kappa shape index (κ3) is 1.96. The van der Waals surface area contributed by atoms with E-state index in [-0.39, 0.29) is 0 Å². The van der Waals surface area contributed by atoms with E-state index in [1.165, 1.54) is 6.42 Å². The molecule has 0 aromatic rings. The molecule has 1 unspecified atom stereocenters. The van der Waals surface area contributed by atoms with Gasteiger partial charge in [-0.05, 0) is 13.3 Å². The van der Waals surface area contributed by atoms with Crippen molar-refractivity contribution < 1.29 is 4.48 Å². The lowest BCUT2D eigenvalue weighted by atomic mass is 9.83. The van der Waals surface area contributed by atoms with E-state index < -0.39 is 0 Å². The van der Waals surface area contributed by atoms with Gasteiger partial charge in [-0.1, -0.05) is 20.8 Å². The Morgan fingerprint density at radius 1 is 1.18 bits per heavy atom. The monoisotopic (exact) mass is 158 g/mol. The summed E-state index contributed by atoms with van der Waals surface area (Å²) in [7, 11) is 6.84. The lowest BCUT2D eigenvalue weighted by molar-refractivity contribution is -0.926. The third-order valence-electron chi connectivity index (χ3n) is 3.49. The van der Waals surface area contributed by atoms with E-state index in [1.807, 2.05) is 0 Å². The van der Waals surface area contributed by atoms with Crippen LogP contribution in [-0.4, -0.2) is 31.2 Å². The highest BCUT2D eigenvalue weighted by Gasteiger charge is 2.38. The van der Waals surface area contributed by atoms with Gasteiger partial charge in [0.1, 0.15) is 0 Å². The van der Waals surface area contributed by atoms with E-state index >= 15 is 0 Å². The van der Waals surface area contributed by atoms with Gasteiger partial charge >= 0.3 is 0 Å². The minimum atomic E-state index is 0.417. The molecule has 0 aromatic heterocycles. The number of hydrogen-bond acceptors (Lipinski definition) is 0. The Morgan fingerprint density at radius 3 is 1.55 bits per heavy atom. The van der Waals surface area contributed by atoms with Crippen molar-refractivity contribution >= 4 is 0 Å². The molecule has 0 aromatic carbocycles. The molecule has 0 spiro atoms. The highest BCUT2D eigenvalue weighted by atomic mass is 15.3. The molecule has 0 saturated carbocycles. The fourth-order valence-electron chi connectivity index (χ4n) is 1.66. The second kappa shape index (κ2) is 3.14. The summed E-state index contributed by atoms with van der Waals surface area (Å²) in [6.07, 6.45) is 1.24. The zero-order valence-electron chi connectivity index (χ0n) is 9.23. The predicted octanol–water partition coefficient (Wildman–Crippen LogP) is 2.52. The Labute approximate surface area is 72.0 Å². The van der Waals surface area contributed by atoms with Gasteiger partial charge in [0.25, 0.3) is 0 Å². The van der Waals surface area contributed by atoms with E-state index in [0.29, 0.717) is 5.54 Å². The molecule has 0 bridgehead atoms. The van der Waals surface area contributed by atoms with Crippen LogP contribution in [0.25, 0.3) is 0 Å². The topological polar surface area (TPSA) is 0 Å². The molecule has 0 N–H and O–H groups in total. The first-order valence-electron chi connectivity index (χ1n) is 4.57. The van der Waals surface area contributed by atoms with Gasteiger partial charge in [0.05, 0.1) is 26.7 Å². The van der Waals surface area contributed by atoms with Gasteiger partial charge in [-0.2, -0.15) is 0 Å². The summed E-state index contributed by atoms with van der Waals surface area (Å²) >= 11 is 0. The molecule has 1 nitrogen and oxygen atoms in total. The maximum atomic E-state index is 2.37. The maximum absolute atomic E-state index is 2.37. The molecule has 0 rings (SSSR count). The second-order valence-electron chi connectivity index (χ2n) is 4.88. The summed E-state index contributed by atoms with van der Waals surface area (Å²) in [6.45, 7) is 9.28. The minimum absolute atomic E-state index is 0.417. The number of nitrogens with zero attached hydrogens (tertiary/aromatic N) is 1. The van der Waals surface area contributed by atoms with Gasteiger partial charge in [0.2, 0.25) is 0 Å². The van der Waals surface area contributed by atoms with Crippen LogP contribution in [-0.2, 0) is 0 Å². The Balaban J connectivity index is 4.61. The normalized spacial score (nSPS) is 18.5. The highest BCUT2D eigenvalue weighted by molar-refractivity contribution is 4.76. The molecule has 0 amide bonds. The van der Waals surface area contributed by atoms with Crippen LogP contribution >= 0.6 is 0 Å². The van der Waals surface area contributed by atoms with Crippen LogP contribution < -0.4 is 0 Å². The summed E-state index contributed by atoms with van der Waals surface area (Å²) in [5.74, 6) is 0.743. The lowest BCUT2D eigenvalue weighted by Gasteiger charge is -2.46. The van der Waals surface area contributed by atoms with Crippen molar-refractivity contribution in [3.8, 4) is 0 Å². The maximum Gasteiger partial charge on any atom is 0.0978 e. The van der Waals surface area contributed by atoms with Gasteiger partial charge in [0, 0.05) is 5.92 Å². The van der Waals surface area contributed by atoms with Gasteiger partial charge in [-0.3, -0.25) is 0 Å². The van der Waals surface area contributed by atoms with Crippen molar-refractivity contribution in [3.63, 3.8) is 0 Å². The highest BCUT2D eigenvalue weighted by Crippen LogP contribution is 2.30. The van der Waals surface area contributed by atoms with Crippen LogP contribution in [0, 0.1) is 5.92 Å². The molecular formula is C10H24N+. The SMILES string of the molecule is CCC(C)(C(C)C)[N+](C)(C)C. The van der Waals surface area contributed by atoms with Crippen molar-refractivity contribution in [1.29, 1.82) is 0 Å². The fraction of sp³-hybridized carbons (Fsp3) is 1.00. The standard InChI is InChI=1S/C10H24N/c1-8-10(4,9(2)3)11(5,6)7/h9H,8H2,1-7H3/q+1. The predicted molar refractivity (Wildman–Crippen MR) is 51.6 cm³/mol. The molecule has 0 heterocycles. The van der Waals surface area contributed by atoms with Gasteiger partial charge in [0.15, 0.2) is 0 Å². The summed E-state index contributed by atoms with van der Waals surface area (Å²) in [6, 6.07) is 0. The quantitative estimate of drug-likeness (QED) is 0.554. The first-order valence-corrected chi connectivity index (χ1v) is 4.57. The Morgan fingerprint density at radius 2 is 1.55 bits per heavy atom. The summed E-state index contributed by atoms with van der Waals surface area (Å²) in [5.41, 5.74) is 0.417. The van der Waals surface area contributed by atoms with Crippen LogP contribution in [0.1, 0.15) is 34.1 Å². The smallest absolute Gasteiger partial charge is 0.0978 e. The number of rotatable bonds is 3. The van der Waals surface area contributed by atoms with Crippen molar-refractivity contribution in [2.24, 2.45) is 5.92 Å². The molecule has 1 heteroatoms. The zero-order chi connectivity index (χ0) is 9.28. The Kier molecular flexibility index (Phi) is 3.13. The van der Waals surface area contributed by atoms with Crippen molar-refractivity contribution in [3.05, 3.63) is 0 Å². The zero-order valence-corrected chi connectivity index (χ0v) is 9.23. The fourth-order valence-corrected chi connectivity index (χ4v) is 1.66. The van der Waals surface area contributed by atoms with Crippen molar-refractivity contribution in [1.82, 2.24) is 0 Å². The van der Waals surface area contributed by atoms with Crippen LogP contribution in [0.2, 0.25) is 0 Å². The second-order valence-corrected chi connectivity index (χ2v) is 4.88. The van der Waals surface area contributed by atoms with E-state index in [1.54, 1.807) is 0 Å². The van der Waals surface area contributed by atoms with E-state index in [4.69, 9.17) is 0 Å². The van der Waals surface area contributed by atoms with E-state index in [9.17, 15) is 0 Å². The third-order valence-corrected chi connectivity index (χ3v) is 3.49. The van der Waals surface area contributed by atoms with Crippen LogP contribution in [0.3, 0.4) is 0 Å². The average molecular weight is 158 g/mol. The summed E-state index contributed by atoms with van der Waals surface area (Å²) in [4.78, 5) is 0. The van der Waals surface area contributed by atoms with Crippen LogP contribution in [0.5, 0.6) is 0 Å². The molecular weight excluding hydrogens is 134 g/mol. The van der Waals surface area contributed by atoms with Gasteiger partial charge in [-0.25, -0.2) is 0 Å². The lowest BCUT2D eigenvalue weighted by Crippen LogP contribution is -2.57. The minimum Gasteiger partial charge on any atom is -0.326 e. The molecule has 0 aliphatic rings. The Hall–Kier alpha value is -0.0400. The first kappa shape index (κ1) is 11.0. The molecule has 0 aliphatic heterocycles. The van der Waals surface area contributed by atoms with Gasteiger partial charge < -0.3 is 4.48 Å². The van der Waals surface area contributed by atoms with Crippen LogP contribution in [0.15, 0.2) is 0 Å². The molecule has 0 fully saturated rings. The largest absolute Gasteiger partial charge is 0.326 e. The van der Waals surface area contributed by atoms with Crippen LogP contribution in [0.4, 0.5) is 0 Å². The van der Waals surface area contributed by atoms with Crippen molar-refractivity contribution in [2.75, 3.05) is 21.1 Å². The summed E-state index contributed by atoms with van der Waals surface area (Å²) < 4.78 is 1.06.